The van der Waals surface area contributed by atoms with Gasteiger partial charge in [0.1, 0.15) is 0 Å². The Labute approximate surface area is 147 Å². The highest BCUT2D eigenvalue weighted by Crippen LogP contribution is 2.32. The summed E-state index contributed by atoms with van der Waals surface area (Å²) in [5.74, 6) is 1.36. The summed E-state index contributed by atoms with van der Waals surface area (Å²) in [6.45, 7) is 4.93. The number of amides is 1. The summed E-state index contributed by atoms with van der Waals surface area (Å²) >= 11 is 1.75. The maximum atomic E-state index is 12.4. The highest BCUT2D eigenvalue weighted by molar-refractivity contribution is 7.99. The molecule has 1 aliphatic heterocycles. The van der Waals surface area contributed by atoms with Gasteiger partial charge in [-0.2, -0.15) is 0 Å². The zero-order valence-electron chi connectivity index (χ0n) is 14.0. The third-order valence-electron chi connectivity index (χ3n) is 4.20. The number of carbonyl (C=O) groups is 1. The Bertz CT molecular complexity index is 673. The molecule has 3 rings (SSSR count). The minimum absolute atomic E-state index is 0.0572. The summed E-state index contributed by atoms with van der Waals surface area (Å²) in [6, 6.07) is 12.2. The smallest absolute Gasteiger partial charge is 0.238 e. The number of nitrogens with zero attached hydrogens (tertiary/aromatic N) is 1. The van der Waals surface area contributed by atoms with E-state index in [2.05, 4.69) is 53.7 Å². The van der Waals surface area contributed by atoms with E-state index < -0.39 is 0 Å². The first-order valence-electron chi connectivity index (χ1n) is 8.27. The molecule has 1 saturated heterocycles. The van der Waals surface area contributed by atoms with E-state index in [1.54, 1.807) is 18.0 Å². The number of rotatable bonds is 5. The molecule has 2 N–H and O–H groups in total. The summed E-state index contributed by atoms with van der Waals surface area (Å²) in [5, 5.41) is 6.55. The Balaban J connectivity index is 1.51. The van der Waals surface area contributed by atoms with Crippen LogP contribution in [0.25, 0.3) is 0 Å². The highest BCUT2D eigenvalue weighted by atomic mass is 32.2. The number of carbonyl (C=O) groups excluding carboxylic acids is 1. The monoisotopic (exact) mass is 341 g/mol. The van der Waals surface area contributed by atoms with Crippen LogP contribution in [-0.2, 0) is 11.3 Å². The average Bonchev–Trinajstić information content (AvgIpc) is 3.11. The van der Waals surface area contributed by atoms with E-state index in [1.165, 1.54) is 5.56 Å². The van der Waals surface area contributed by atoms with E-state index in [-0.39, 0.29) is 17.3 Å². The van der Waals surface area contributed by atoms with Crippen LogP contribution < -0.4 is 10.6 Å². The minimum Gasteiger partial charge on any atom is -0.351 e. The molecule has 1 aromatic carbocycles. The minimum atomic E-state index is -0.157. The first-order chi connectivity index (χ1) is 11.6. The van der Waals surface area contributed by atoms with Crippen molar-refractivity contribution in [2.24, 2.45) is 0 Å². The fraction of sp³-hybridized carbons (Fsp3) is 0.368. The van der Waals surface area contributed by atoms with Crippen molar-refractivity contribution in [3.05, 3.63) is 65.5 Å². The molecule has 1 aliphatic rings. The lowest BCUT2D eigenvalue weighted by atomic mass is 10.0. The molecular formula is C19H23N3OS. The molecule has 1 fully saturated rings. The van der Waals surface area contributed by atoms with E-state index >= 15 is 0 Å². The van der Waals surface area contributed by atoms with Gasteiger partial charge in [0, 0.05) is 24.7 Å². The van der Waals surface area contributed by atoms with Gasteiger partial charge in [-0.1, -0.05) is 44.2 Å². The lowest BCUT2D eigenvalue weighted by molar-refractivity contribution is -0.122. The normalized spacial score (nSPS) is 20.3. The largest absolute Gasteiger partial charge is 0.351 e. The van der Waals surface area contributed by atoms with Gasteiger partial charge in [0.2, 0.25) is 5.91 Å². The van der Waals surface area contributed by atoms with Crippen LogP contribution >= 0.6 is 11.8 Å². The second-order valence-electron chi connectivity index (χ2n) is 6.33. The molecule has 5 heteroatoms. The molecular weight excluding hydrogens is 318 g/mol. The van der Waals surface area contributed by atoms with Gasteiger partial charge in [-0.15, -0.1) is 11.8 Å². The number of benzene rings is 1. The van der Waals surface area contributed by atoms with Crippen LogP contribution in [0.1, 0.15) is 41.8 Å². The predicted octanol–water partition coefficient (Wildman–Crippen LogP) is 3.23. The zero-order valence-corrected chi connectivity index (χ0v) is 14.8. The van der Waals surface area contributed by atoms with Crippen molar-refractivity contribution in [2.75, 3.05) is 5.75 Å². The van der Waals surface area contributed by atoms with Gasteiger partial charge in [0.25, 0.3) is 0 Å². The number of aromatic nitrogens is 1. The molecule has 2 aromatic rings. The van der Waals surface area contributed by atoms with Crippen molar-refractivity contribution in [1.82, 2.24) is 15.6 Å². The van der Waals surface area contributed by atoms with Gasteiger partial charge in [0.15, 0.2) is 0 Å². The summed E-state index contributed by atoms with van der Waals surface area (Å²) in [7, 11) is 0. The van der Waals surface area contributed by atoms with Crippen LogP contribution in [0.5, 0.6) is 0 Å². The van der Waals surface area contributed by atoms with E-state index in [9.17, 15) is 4.79 Å². The average molecular weight is 341 g/mol. The van der Waals surface area contributed by atoms with E-state index in [0.717, 1.165) is 16.9 Å². The van der Waals surface area contributed by atoms with Crippen LogP contribution in [0.3, 0.4) is 0 Å². The lowest BCUT2D eigenvalue weighted by Crippen LogP contribution is -2.42. The molecule has 24 heavy (non-hydrogen) atoms. The van der Waals surface area contributed by atoms with E-state index in [4.69, 9.17) is 0 Å². The van der Waals surface area contributed by atoms with Gasteiger partial charge in [0.05, 0.1) is 11.4 Å². The molecule has 0 bridgehead atoms. The Morgan fingerprint density at radius 3 is 2.79 bits per heavy atom. The molecule has 2 heterocycles. The Hall–Kier alpha value is -1.85. The van der Waals surface area contributed by atoms with Crippen LogP contribution in [0.4, 0.5) is 0 Å². The van der Waals surface area contributed by atoms with Crippen molar-refractivity contribution in [3.63, 3.8) is 0 Å². The van der Waals surface area contributed by atoms with Crippen LogP contribution in [-0.4, -0.2) is 22.7 Å². The Morgan fingerprint density at radius 2 is 2.12 bits per heavy atom. The molecule has 4 nitrogen and oxygen atoms in total. The summed E-state index contributed by atoms with van der Waals surface area (Å²) in [6.07, 6.45) is 3.61. The van der Waals surface area contributed by atoms with Crippen molar-refractivity contribution in [2.45, 2.75) is 37.7 Å². The molecule has 0 radical (unpaired) electrons. The number of nitrogens with one attached hydrogen (secondary N) is 2. The van der Waals surface area contributed by atoms with Gasteiger partial charge in [-0.05, 0) is 28.7 Å². The van der Waals surface area contributed by atoms with Gasteiger partial charge in [-0.3, -0.25) is 15.1 Å². The van der Waals surface area contributed by atoms with Crippen molar-refractivity contribution in [1.29, 1.82) is 0 Å². The van der Waals surface area contributed by atoms with Crippen LogP contribution in [0.15, 0.2) is 48.8 Å². The zero-order chi connectivity index (χ0) is 16.9. The standard InChI is InChI=1S/C19H23N3OS/c1-13(2)15-7-5-14(6-8-15)10-21-18(23)17-12-24-19(22-17)16-4-3-9-20-11-16/h3-9,11,13,17,19,22H,10,12H2,1-2H3,(H,21,23). The quantitative estimate of drug-likeness (QED) is 0.877. The molecule has 1 amide bonds. The molecule has 0 aliphatic carbocycles. The number of hydrogen-bond donors (Lipinski definition) is 2. The van der Waals surface area contributed by atoms with Crippen LogP contribution in [0.2, 0.25) is 0 Å². The van der Waals surface area contributed by atoms with E-state index in [0.29, 0.717) is 12.5 Å². The van der Waals surface area contributed by atoms with Gasteiger partial charge < -0.3 is 5.32 Å². The second kappa shape index (κ2) is 7.81. The number of hydrogen-bond acceptors (Lipinski definition) is 4. The van der Waals surface area contributed by atoms with Crippen molar-refractivity contribution < 1.29 is 4.79 Å². The fourth-order valence-electron chi connectivity index (χ4n) is 2.68. The highest BCUT2D eigenvalue weighted by Gasteiger charge is 2.30. The third-order valence-corrected chi connectivity index (χ3v) is 5.47. The first-order valence-corrected chi connectivity index (χ1v) is 9.32. The molecule has 0 spiro atoms. The maximum Gasteiger partial charge on any atom is 0.238 e. The van der Waals surface area contributed by atoms with Crippen LogP contribution in [0, 0.1) is 0 Å². The SMILES string of the molecule is CC(C)c1ccc(CNC(=O)C2CSC(c3cccnc3)N2)cc1. The Morgan fingerprint density at radius 1 is 1.33 bits per heavy atom. The fourth-order valence-corrected chi connectivity index (χ4v) is 3.90. The second-order valence-corrected chi connectivity index (χ2v) is 7.47. The first kappa shape index (κ1) is 17.0. The number of thioether (sulfide) groups is 1. The third kappa shape index (κ3) is 4.16. The van der Waals surface area contributed by atoms with E-state index in [1.807, 2.05) is 18.3 Å². The van der Waals surface area contributed by atoms with Gasteiger partial charge >= 0.3 is 0 Å². The van der Waals surface area contributed by atoms with Crippen molar-refractivity contribution in [3.8, 4) is 0 Å². The lowest BCUT2D eigenvalue weighted by Gasteiger charge is -2.14. The predicted molar refractivity (Wildman–Crippen MR) is 98.7 cm³/mol. The molecule has 126 valence electrons. The number of pyridine rings is 1. The summed E-state index contributed by atoms with van der Waals surface area (Å²) in [5.41, 5.74) is 3.56. The maximum absolute atomic E-state index is 12.4. The molecule has 2 unspecified atom stereocenters. The summed E-state index contributed by atoms with van der Waals surface area (Å²) in [4.78, 5) is 16.5. The van der Waals surface area contributed by atoms with Gasteiger partial charge in [-0.25, -0.2) is 0 Å². The Kier molecular flexibility index (Phi) is 5.53. The summed E-state index contributed by atoms with van der Waals surface area (Å²) < 4.78 is 0. The molecule has 0 saturated carbocycles. The van der Waals surface area contributed by atoms with Crippen molar-refractivity contribution >= 4 is 17.7 Å². The topological polar surface area (TPSA) is 54.0 Å². The molecule has 1 aromatic heterocycles. The molecule has 2 atom stereocenters.